The number of hydrogen-bond acceptors (Lipinski definition) is 5. The van der Waals surface area contributed by atoms with Gasteiger partial charge in [-0.15, -0.1) is 10.2 Å². The molecule has 0 saturated heterocycles. The lowest BCUT2D eigenvalue weighted by molar-refractivity contribution is -0.120. The number of hydrogen-bond donors (Lipinski definition) is 1. The van der Waals surface area contributed by atoms with Gasteiger partial charge >= 0.3 is 0 Å². The minimum absolute atomic E-state index is 0.0101. The summed E-state index contributed by atoms with van der Waals surface area (Å²) in [7, 11) is 1.66. The van der Waals surface area contributed by atoms with Gasteiger partial charge in [0.1, 0.15) is 5.75 Å². The van der Waals surface area contributed by atoms with Crippen LogP contribution in [0.5, 0.6) is 5.75 Å². The third kappa shape index (κ3) is 4.92. The molecule has 1 heterocycles. The van der Waals surface area contributed by atoms with Crippen molar-refractivity contribution in [1.82, 2.24) is 20.1 Å². The molecule has 1 aromatic heterocycles. The van der Waals surface area contributed by atoms with E-state index in [0.717, 1.165) is 27.9 Å². The lowest BCUT2D eigenvalue weighted by atomic mass is 10.2. The quantitative estimate of drug-likeness (QED) is 0.585. The Morgan fingerprint density at radius 3 is 2.68 bits per heavy atom. The van der Waals surface area contributed by atoms with Crippen LogP contribution in [-0.2, 0) is 17.1 Å². The highest BCUT2D eigenvalue weighted by Crippen LogP contribution is 2.26. The molecule has 0 atom stereocenters. The summed E-state index contributed by atoms with van der Waals surface area (Å²) in [4.78, 5) is 11.7. The monoisotopic (exact) mass is 396 g/mol. The van der Waals surface area contributed by atoms with Gasteiger partial charge in [0.05, 0.1) is 13.7 Å². The standard InChI is InChI=1S/C21H24N4O2S/c1-4-20(26)22-13-19-23-24-21(25(19)17-10-8-15(2)9-11-17)28-14-16-6-5-7-18(12-16)27-3/h5-12H,4,13-14H2,1-3H3,(H,22,26). The van der Waals surface area contributed by atoms with Crippen LogP contribution in [0.25, 0.3) is 5.69 Å². The molecule has 2 aromatic carbocycles. The number of ether oxygens (including phenoxy) is 1. The third-order valence-electron chi connectivity index (χ3n) is 4.26. The first-order valence-electron chi connectivity index (χ1n) is 9.14. The summed E-state index contributed by atoms with van der Waals surface area (Å²) in [5.74, 6) is 2.27. The van der Waals surface area contributed by atoms with Gasteiger partial charge < -0.3 is 10.1 Å². The summed E-state index contributed by atoms with van der Waals surface area (Å²) >= 11 is 1.60. The number of amides is 1. The van der Waals surface area contributed by atoms with Crippen LogP contribution in [-0.4, -0.2) is 27.8 Å². The van der Waals surface area contributed by atoms with Gasteiger partial charge in [0.15, 0.2) is 11.0 Å². The highest BCUT2D eigenvalue weighted by Gasteiger charge is 2.15. The van der Waals surface area contributed by atoms with E-state index < -0.39 is 0 Å². The van der Waals surface area contributed by atoms with Gasteiger partial charge in [-0.3, -0.25) is 9.36 Å². The predicted molar refractivity (Wildman–Crippen MR) is 111 cm³/mol. The summed E-state index contributed by atoms with van der Waals surface area (Å²) in [6.45, 7) is 4.22. The SMILES string of the molecule is CCC(=O)NCc1nnc(SCc2cccc(OC)c2)n1-c1ccc(C)cc1. The molecule has 0 aliphatic heterocycles. The largest absolute Gasteiger partial charge is 0.497 e. The van der Waals surface area contributed by atoms with E-state index in [1.165, 1.54) is 5.56 Å². The topological polar surface area (TPSA) is 69.0 Å². The summed E-state index contributed by atoms with van der Waals surface area (Å²) in [5.41, 5.74) is 3.30. The number of nitrogens with zero attached hydrogens (tertiary/aromatic N) is 3. The zero-order valence-electron chi connectivity index (χ0n) is 16.3. The van der Waals surface area contributed by atoms with Crippen molar-refractivity contribution in [2.45, 2.75) is 37.7 Å². The summed E-state index contributed by atoms with van der Waals surface area (Å²) in [6.07, 6.45) is 0.441. The van der Waals surface area contributed by atoms with Crippen molar-refractivity contribution in [3.63, 3.8) is 0 Å². The van der Waals surface area contributed by atoms with Crippen LogP contribution in [0.2, 0.25) is 0 Å². The number of aryl methyl sites for hydroxylation is 1. The van der Waals surface area contributed by atoms with Gasteiger partial charge in [-0.05, 0) is 36.8 Å². The molecular formula is C21H24N4O2S. The first kappa shape index (κ1) is 19.9. The second-order valence-corrected chi connectivity index (χ2v) is 7.28. The van der Waals surface area contributed by atoms with Crippen LogP contribution < -0.4 is 10.1 Å². The Morgan fingerprint density at radius 1 is 1.18 bits per heavy atom. The van der Waals surface area contributed by atoms with Crippen molar-refractivity contribution in [1.29, 1.82) is 0 Å². The van der Waals surface area contributed by atoms with E-state index in [0.29, 0.717) is 18.8 Å². The zero-order chi connectivity index (χ0) is 19.9. The second-order valence-electron chi connectivity index (χ2n) is 6.34. The Morgan fingerprint density at radius 2 is 1.96 bits per heavy atom. The molecule has 0 bridgehead atoms. The molecule has 0 fully saturated rings. The fraction of sp³-hybridized carbons (Fsp3) is 0.286. The van der Waals surface area contributed by atoms with E-state index in [9.17, 15) is 4.79 Å². The lowest BCUT2D eigenvalue weighted by Crippen LogP contribution is -2.23. The molecule has 28 heavy (non-hydrogen) atoms. The molecule has 0 unspecified atom stereocenters. The Kier molecular flexibility index (Phi) is 6.71. The van der Waals surface area contributed by atoms with Gasteiger partial charge in [0, 0.05) is 17.9 Å². The highest BCUT2D eigenvalue weighted by atomic mass is 32.2. The maximum Gasteiger partial charge on any atom is 0.220 e. The summed E-state index contributed by atoms with van der Waals surface area (Å²) in [5, 5.41) is 12.4. The molecule has 0 radical (unpaired) electrons. The lowest BCUT2D eigenvalue weighted by Gasteiger charge is -2.11. The summed E-state index contributed by atoms with van der Waals surface area (Å²) in [6, 6.07) is 16.2. The van der Waals surface area contributed by atoms with Crippen molar-refractivity contribution in [2.24, 2.45) is 0 Å². The molecule has 1 N–H and O–H groups in total. The number of aromatic nitrogens is 3. The van der Waals surface area contributed by atoms with Crippen LogP contribution in [0.1, 0.15) is 30.3 Å². The number of methoxy groups -OCH3 is 1. The van der Waals surface area contributed by atoms with Gasteiger partial charge in [0.2, 0.25) is 5.91 Å². The van der Waals surface area contributed by atoms with Crippen LogP contribution in [0.3, 0.4) is 0 Å². The Labute approximate surface area is 169 Å². The molecule has 146 valence electrons. The molecular weight excluding hydrogens is 372 g/mol. The number of benzene rings is 2. The molecule has 1 amide bonds. The molecule has 0 spiro atoms. The number of carbonyl (C=O) groups is 1. The van der Waals surface area contributed by atoms with Crippen molar-refractivity contribution in [3.05, 3.63) is 65.5 Å². The molecule has 3 rings (SSSR count). The molecule has 0 saturated carbocycles. The average molecular weight is 397 g/mol. The summed E-state index contributed by atoms with van der Waals surface area (Å²) < 4.78 is 7.30. The number of carbonyl (C=O) groups excluding carboxylic acids is 1. The van der Waals surface area contributed by atoms with E-state index in [4.69, 9.17) is 4.74 Å². The Hall–Kier alpha value is -2.80. The van der Waals surface area contributed by atoms with E-state index >= 15 is 0 Å². The van der Waals surface area contributed by atoms with E-state index in [2.05, 4.69) is 40.6 Å². The van der Waals surface area contributed by atoms with Gasteiger partial charge in [-0.25, -0.2) is 0 Å². The normalized spacial score (nSPS) is 10.7. The van der Waals surface area contributed by atoms with Crippen molar-refractivity contribution in [2.75, 3.05) is 7.11 Å². The molecule has 7 heteroatoms. The van der Waals surface area contributed by atoms with Crippen LogP contribution >= 0.6 is 11.8 Å². The van der Waals surface area contributed by atoms with Crippen LogP contribution in [0.15, 0.2) is 53.7 Å². The second kappa shape index (κ2) is 9.41. The number of rotatable bonds is 8. The fourth-order valence-corrected chi connectivity index (χ4v) is 3.59. The van der Waals surface area contributed by atoms with Crippen molar-refractivity contribution >= 4 is 17.7 Å². The Balaban J connectivity index is 1.85. The Bertz CT molecular complexity index is 938. The predicted octanol–water partition coefficient (Wildman–Crippen LogP) is 3.90. The minimum Gasteiger partial charge on any atom is -0.497 e. The molecule has 6 nitrogen and oxygen atoms in total. The molecule has 0 aliphatic carbocycles. The average Bonchev–Trinajstić information content (AvgIpc) is 3.14. The third-order valence-corrected chi connectivity index (χ3v) is 5.26. The van der Waals surface area contributed by atoms with Gasteiger partial charge in [0.25, 0.3) is 0 Å². The van der Waals surface area contributed by atoms with Crippen molar-refractivity contribution in [3.8, 4) is 11.4 Å². The van der Waals surface area contributed by atoms with E-state index in [-0.39, 0.29) is 5.91 Å². The smallest absolute Gasteiger partial charge is 0.220 e. The van der Waals surface area contributed by atoms with Crippen LogP contribution in [0.4, 0.5) is 0 Å². The maximum atomic E-state index is 11.7. The van der Waals surface area contributed by atoms with E-state index in [1.54, 1.807) is 18.9 Å². The minimum atomic E-state index is -0.0101. The van der Waals surface area contributed by atoms with E-state index in [1.807, 2.05) is 41.8 Å². The number of nitrogens with one attached hydrogen (secondary N) is 1. The molecule has 0 aliphatic rings. The van der Waals surface area contributed by atoms with Gasteiger partial charge in [-0.1, -0.05) is 48.5 Å². The van der Waals surface area contributed by atoms with Crippen LogP contribution in [0, 0.1) is 6.92 Å². The highest BCUT2D eigenvalue weighted by molar-refractivity contribution is 7.98. The zero-order valence-corrected chi connectivity index (χ0v) is 17.1. The number of thioether (sulfide) groups is 1. The fourth-order valence-electron chi connectivity index (χ4n) is 2.67. The molecule has 3 aromatic rings. The van der Waals surface area contributed by atoms with Gasteiger partial charge in [-0.2, -0.15) is 0 Å². The first-order chi connectivity index (χ1) is 13.6. The maximum absolute atomic E-state index is 11.7. The first-order valence-corrected chi connectivity index (χ1v) is 10.1. The van der Waals surface area contributed by atoms with Crippen molar-refractivity contribution < 1.29 is 9.53 Å².